The van der Waals surface area contributed by atoms with Gasteiger partial charge in [-0.2, -0.15) is 5.26 Å². The number of allylic oxidation sites excluding steroid dienone is 1. The molecular weight excluding hydrogens is 376 g/mol. The summed E-state index contributed by atoms with van der Waals surface area (Å²) in [6.45, 7) is 8.30. The highest BCUT2D eigenvalue weighted by atomic mass is 16.5. The summed E-state index contributed by atoms with van der Waals surface area (Å²) < 4.78 is 5.90. The lowest BCUT2D eigenvalue weighted by atomic mass is 9.74. The number of primary amides is 1. The van der Waals surface area contributed by atoms with Crippen LogP contribution in [0, 0.1) is 18.3 Å². The molecule has 30 heavy (non-hydrogen) atoms. The second-order valence-corrected chi connectivity index (χ2v) is 7.40. The average molecular weight is 407 g/mol. The molecule has 0 atom stereocenters. The fourth-order valence-electron chi connectivity index (χ4n) is 3.02. The van der Waals surface area contributed by atoms with E-state index in [-0.39, 0.29) is 11.5 Å². The Kier molecular flexibility index (Phi) is 8.57. The van der Waals surface area contributed by atoms with Crippen LogP contribution < -0.4 is 11.1 Å². The molecule has 0 saturated heterocycles. The lowest BCUT2D eigenvalue weighted by Crippen LogP contribution is -2.38. The number of pyridine rings is 1. The zero-order valence-electron chi connectivity index (χ0n) is 17.8. The molecule has 1 heterocycles. The lowest BCUT2D eigenvalue weighted by molar-refractivity contribution is -0.128. The highest BCUT2D eigenvalue weighted by Gasteiger charge is 2.39. The summed E-state index contributed by atoms with van der Waals surface area (Å²) in [4.78, 5) is 14.8. The van der Waals surface area contributed by atoms with Crippen LogP contribution in [0.25, 0.3) is 0 Å². The molecule has 1 aromatic carbocycles. The number of aryl methyl sites for hydroxylation is 1. The zero-order valence-corrected chi connectivity index (χ0v) is 17.8. The SMILES string of the molecule is C=C(CC)Nc1ccc(C#N)cn1.Cc1ccc(C2(OCCC(N)=O)CCC2)cc1. The monoisotopic (exact) mass is 406 g/mol. The van der Waals surface area contributed by atoms with Crippen molar-refractivity contribution >= 4 is 11.7 Å². The van der Waals surface area contributed by atoms with Gasteiger partial charge in [0.25, 0.3) is 0 Å². The first-order valence-electron chi connectivity index (χ1n) is 10.2. The van der Waals surface area contributed by atoms with E-state index in [2.05, 4.69) is 48.1 Å². The number of amides is 1. The smallest absolute Gasteiger partial charge is 0.219 e. The first-order valence-corrected chi connectivity index (χ1v) is 10.2. The first-order chi connectivity index (χ1) is 14.4. The van der Waals surface area contributed by atoms with Crippen molar-refractivity contribution < 1.29 is 9.53 Å². The number of carbonyl (C=O) groups excluding carboxylic acids is 1. The molecule has 3 rings (SSSR count). The van der Waals surface area contributed by atoms with Gasteiger partial charge in [0.15, 0.2) is 0 Å². The molecule has 1 aliphatic carbocycles. The Balaban J connectivity index is 0.000000222. The Hall–Kier alpha value is -3.17. The number of nitrogens with two attached hydrogens (primary N) is 1. The number of aromatic nitrogens is 1. The van der Waals surface area contributed by atoms with Crippen LogP contribution in [-0.2, 0) is 15.1 Å². The molecule has 1 aromatic heterocycles. The second-order valence-electron chi connectivity index (χ2n) is 7.40. The molecular formula is C24H30N4O2. The molecule has 1 aliphatic rings. The van der Waals surface area contributed by atoms with Gasteiger partial charge in [-0.05, 0) is 50.3 Å². The highest BCUT2D eigenvalue weighted by molar-refractivity contribution is 5.73. The zero-order chi connectivity index (χ0) is 22.0. The summed E-state index contributed by atoms with van der Waals surface area (Å²) in [6.07, 6.45) is 5.95. The molecule has 6 nitrogen and oxygen atoms in total. The quantitative estimate of drug-likeness (QED) is 0.669. The standard InChI is InChI=1S/C14H19NO2.C10H11N3/c1-11-3-5-12(6-4-11)14(8-2-9-14)17-10-7-13(15)16;1-3-8(2)13-10-5-4-9(6-11)7-12-10/h3-6H,2,7-10H2,1H3,(H2,15,16);4-5,7H,2-3H2,1H3,(H,12,13). The van der Waals surface area contributed by atoms with Gasteiger partial charge in [0.1, 0.15) is 11.9 Å². The third-order valence-electron chi connectivity index (χ3n) is 5.09. The van der Waals surface area contributed by atoms with Crippen LogP contribution in [0.2, 0.25) is 0 Å². The van der Waals surface area contributed by atoms with Gasteiger partial charge in [0, 0.05) is 18.3 Å². The van der Waals surface area contributed by atoms with E-state index < -0.39 is 0 Å². The first kappa shape index (κ1) is 23.1. The molecule has 0 bridgehead atoms. The molecule has 0 aliphatic heterocycles. The summed E-state index contributed by atoms with van der Waals surface area (Å²) in [5, 5.41) is 11.6. The van der Waals surface area contributed by atoms with Crippen molar-refractivity contribution in [2.24, 2.45) is 5.73 Å². The van der Waals surface area contributed by atoms with E-state index >= 15 is 0 Å². The van der Waals surface area contributed by atoms with Gasteiger partial charge in [-0.25, -0.2) is 4.98 Å². The predicted octanol–water partition coefficient (Wildman–Crippen LogP) is 4.56. The van der Waals surface area contributed by atoms with Crippen LogP contribution in [0.1, 0.15) is 55.7 Å². The number of ether oxygens (including phenoxy) is 1. The van der Waals surface area contributed by atoms with E-state index in [1.54, 1.807) is 12.1 Å². The number of hydrogen-bond donors (Lipinski definition) is 2. The second kappa shape index (κ2) is 11.1. The van der Waals surface area contributed by atoms with Crippen LogP contribution >= 0.6 is 0 Å². The maximum absolute atomic E-state index is 10.7. The van der Waals surface area contributed by atoms with Crippen molar-refractivity contribution in [2.45, 2.75) is 51.6 Å². The predicted molar refractivity (Wildman–Crippen MR) is 118 cm³/mol. The van der Waals surface area contributed by atoms with Gasteiger partial charge < -0.3 is 15.8 Å². The molecule has 0 unspecified atom stereocenters. The van der Waals surface area contributed by atoms with Crippen molar-refractivity contribution in [3.8, 4) is 6.07 Å². The largest absolute Gasteiger partial charge is 0.370 e. The fraction of sp³-hybridized carbons (Fsp3) is 0.375. The normalized spacial score (nSPS) is 13.8. The van der Waals surface area contributed by atoms with Crippen LogP contribution in [0.4, 0.5) is 5.82 Å². The molecule has 1 amide bonds. The Morgan fingerprint density at radius 2 is 2.00 bits per heavy atom. The lowest BCUT2D eigenvalue weighted by Gasteiger charge is -2.42. The number of nitriles is 1. The number of nitrogens with one attached hydrogen (secondary N) is 1. The summed E-state index contributed by atoms with van der Waals surface area (Å²) >= 11 is 0. The summed E-state index contributed by atoms with van der Waals surface area (Å²) in [7, 11) is 0. The van der Waals surface area contributed by atoms with E-state index in [1.807, 2.05) is 13.0 Å². The molecule has 3 N–H and O–H groups in total. The van der Waals surface area contributed by atoms with E-state index in [0.717, 1.165) is 30.8 Å². The van der Waals surface area contributed by atoms with E-state index in [4.69, 9.17) is 15.7 Å². The minimum absolute atomic E-state index is 0.164. The Bertz CT molecular complexity index is 879. The fourth-order valence-corrected chi connectivity index (χ4v) is 3.02. The van der Waals surface area contributed by atoms with Crippen LogP contribution in [0.5, 0.6) is 0 Å². The molecule has 1 saturated carbocycles. The molecule has 6 heteroatoms. The van der Waals surface area contributed by atoms with Crippen molar-refractivity contribution in [3.63, 3.8) is 0 Å². The number of rotatable bonds is 8. The molecule has 0 radical (unpaired) electrons. The molecule has 1 fully saturated rings. The van der Waals surface area contributed by atoms with Crippen molar-refractivity contribution in [1.82, 2.24) is 4.98 Å². The third-order valence-corrected chi connectivity index (χ3v) is 5.09. The Morgan fingerprint density at radius 1 is 1.30 bits per heavy atom. The van der Waals surface area contributed by atoms with Crippen molar-refractivity contribution in [3.05, 3.63) is 71.6 Å². The average Bonchev–Trinajstić information content (AvgIpc) is 2.71. The third kappa shape index (κ3) is 6.71. The minimum atomic E-state index is -0.302. The van der Waals surface area contributed by atoms with Crippen LogP contribution in [0.15, 0.2) is 54.9 Å². The number of nitrogens with zero attached hydrogens (tertiary/aromatic N) is 2. The van der Waals surface area contributed by atoms with Crippen molar-refractivity contribution in [1.29, 1.82) is 5.26 Å². The maximum atomic E-state index is 10.7. The maximum Gasteiger partial charge on any atom is 0.219 e. The topological polar surface area (TPSA) is 101 Å². The summed E-state index contributed by atoms with van der Waals surface area (Å²) in [5.74, 6) is 0.425. The Labute approximate surface area is 178 Å². The van der Waals surface area contributed by atoms with E-state index in [1.165, 1.54) is 23.7 Å². The molecule has 158 valence electrons. The number of anilines is 1. The van der Waals surface area contributed by atoms with Gasteiger partial charge in [-0.1, -0.05) is 43.3 Å². The molecule has 2 aromatic rings. The van der Waals surface area contributed by atoms with Crippen LogP contribution in [0.3, 0.4) is 0 Å². The Morgan fingerprint density at radius 3 is 2.47 bits per heavy atom. The van der Waals surface area contributed by atoms with Gasteiger partial charge in [0.05, 0.1) is 17.8 Å². The summed E-state index contributed by atoms with van der Waals surface area (Å²) in [5.41, 5.74) is 8.91. The summed E-state index contributed by atoms with van der Waals surface area (Å²) in [6, 6.07) is 13.9. The van der Waals surface area contributed by atoms with Crippen LogP contribution in [-0.4, -0.2) is 17.5 Å². The van der Waals surface area contributed by atoms with Gasteiger partial charge >= 0.3 is 0 Å². The number of benzene rings is 1. The number of carbonyl (C=O) groups is 1. The van der Waals surface area contributed by atoms with Gasteiger partial charge in [0.2, 0.25) is 5.91 Å². The van der Waals surface area contributed by atoms with Gasteiger partial charge in [-0.15, -0.1) is 0 Å². The van der Waals surface area contributed by atoms with E-state index in [0.29, 0.717) is 18.6 Å². The number of hydrogen-bond acceptors (Lipinski definition) is 5. The molecule has 0 spiro atoms. The van der Waals surface area contributed by atoms with Gasteiger partial charge in [-0.3, -0.25) is 4.79 Å². The van der Waals surface area contributed by atoms with E-state index in [9.17, 15) is 4.79 Å². The minimum Gasteiger partial charge on any atom is -0.370 e. The highest BCUT2D eigenvalue weighted by Crippen LogP contribution is 2.44. The van der Waals surface area contributed by atoms with Crippen molar-refractivity contribution in [2.75, 3.05) is 11.9 Å².